The van der Waals surface area contributed by atoms with Crippen LogP contribution in [0.15, 0.2) is 47.1 Å². The van der Waals surface area contributed by atoms with E-state index in [2.05, 4.69) is 30.4 Å². The summed E-state index contributed by atoms with van der Waals surface area (Å²) in [6, 6.07) is 11.3. The molecule has 0 aliphatic rings. The summed E-state index contributed by atoms with van der Waals surface area (Å²) >= 11 is 0. The molecule has 0 aliphatic heterocycles. The molecule has 0 bridgehead atoms. The number of nitrogens with zero attached hydrogens (tertiary/aromatic N) is 4. The van der Waals surface area contributed by atoms with Gasteiger partial charge in [-0.25, -0.2) is 9.97 Å². The largest absolute Gasteiger partial charge is 0.478 e. The molecule has 2 N–H and O–H groups in total. The van der Waals surface area contributed by atoms with Crippen LogP contribution in [0.4, 0.5) is 0 Å². The maximum Gasteiger partial charge on any atom is 0.246 e. The van der Waals surface area contributed by atoms with Gasteiger partial charge in [-0.2, -0.15) is 4.98 Å². The van der Waals surface area contributed by atoms with E-state index in [1.165, 1.54) is 0 Å². The lowest BCUT2D eigenvalue weighted by molar-refractivity contribution is -0.121. The van der Waals surface area contributed by atoms with Crippen LogP contribution in [-0.4, -0.2) is 37.6 Å². The minimum atomic E-state index is -0.118. The summed E-state index contributed by atoms with van der Waals surface area (Å²) in [5.74, 6) is 1.94. The van der Waals surface area contributed by atoms with Crippen molar-refractivity contribution >= 4 is 16.9 Å². The number of hydrogen-bond donors (Lipinski definition) is 2. The number of aromatic nitrogens is 5. The number of ether oxygens (including phenoxy) is 1. The molecule has 0 unspecified atom stereocenters. The molecule has 3 aromatic heterocycles. The number of imidazole rings is 1. The zero-order chi connectivity index (χ0) is 20.1. The fourth-order valence-electron chi connectivity index (χ4n) is 2.81. The number of benzene rings is 1. The Morgan fingerprint density at radius 3 is 2.90 bits per heavy atom. The molecule has 0 aliphatic carbocycles. The van der Waals surface area contributed by atoms with Gasteiger partial charge in [0, 0.05) is 30.7 Å². The van der Waals surface area contributed by atoms with E-state index < -0.39 is 0 Å². The Hall–Kier alpha value is -3.75. The van der Waals surface area contributed by atoms with Gasteiger partial charge >= 0.3 is 0 Å². The van der Waals surface area contributed by atoms with Gasteiger partial charge in [0.1, 0.15) is 5.82 Å². The second-order valence-electron chi connectivity index (χ2n) is 6.31. The van der Waals surface area contributed by atoms with Crippen LogP contribution in [-0.2, 0) is 17.8 Å². The van der Waals surface area contributed by atoms with E-state index in [1.807, 2.05) is 31.2 Å². The van der Waals surface area contributed by atoms with Crippen molar-refractivity contribution in [1.82, 2.24) is 30.4 Å². The molecule has 4 aromatic rings. The van der Waals surface area contributed by atoms with Crippen molar-refractivity contribution < 1.29 is 14.1 Å². The Morgan fingerprint density at radius 2 is 2.10 bits per heavy atom. The van der Waals surface area contributed by atoms with Gasteiger partial charge in [-0.15, -0.1) is 0 Å². The van der Waals surface area contributed by atoms with Crippen molar-refractivity contribution in [3.05, 3.63) is 54.3 Å². The third-order valence-corrected chi connectivity index (χ3v) is 4.22. The summed E-state index contributed by atoms with van der Waals surface area (Å²) in [6.45, 7) is 2.61. The van der Waals surface area contributed by atoms with Crippen molar-refractivity contribution in [2.24, 2.45) is 0 Å². The van der Waals surface area contributed by atoms with Crippen molar-refractivity contribution in [2.45, 2.75) is 26.3 Å². The first-order chi connectivity index (χ1) is 14.2. The maximum absolute atomic E-state index is 12.1. The zero-order valence-electron chi connectivity index (χ0n) is 15.9. The molecule has 1 amide bonds. The minimum absolute atomic E-state index is 0.118. The highest BCUT2D eigenvalue weighted by Crippen LogP contribution is 2.17. The number of carbonyl (C=O) groups excluding carboxylic acids is 1. The van der Waals surface area contributed by atoms with E-state index in [-0.39, 0.29) is 12.5 Å². The number of pyridine rings is 1. The van der Waals surface area contributed by atoms with E-state index >= 15 is 0 Å². The fourth-order valence-corrected chi connectivity index (χ4v) is 2.81. The highest BCUT2D eigenvalue weighted by atomic mass is 16.5. The number of amides is 1. The third-order valence-electron chi connectivity index (χ3n) is 4.22. The number of hydrogen-bond acceptors (Lipinski definition) is 7. The Kier molecular flexibility index (Phi) is 5.46. The Labute approximate surface area is 166 Å². The second kappa shape index (κ2) is 8.51. The third kappa shape index (κ3) is 4.57. The van der Waals surface area contributed by atoms with Crippen LogP contribution >= 0.6 is 0 Å². The fraction of sp³-hybridized carbons (Fsp3) is 0.250. The number of fused-ring (bicyclic) bond motifs is 1. The SMILES string of the molecule is CCOc1ccc(-c2noc(CNC(=O)CCc3nc4ccccc4[nH]3)n2)cn1. The molecule has 0 saturated carbocycles. The van der Waals surface area contributed by atoms with Crippen LogP contribution in [0, 0.1) is 0 Å². The summed E-state index contributed by atoms with van der Waals surface area (Å²) in [6.07, 6.45) is 2.45. The summed E-state index contributed by atoms with van der Waals surface area (Å²) in [4.78, 5) is 28.2. The van der Waals surface area contributed by atoms with Crippen LogP contribution in [0.2, 0.25) is 0 Å². The van der Waals surface area contributed by atoms with Crippen molar-refractivity contribution in [3.63, 3.8) is 0 Å². The van der Waals surface area contributed by atoms with E-state index in [0.29, 0.717) is 42.6 Å². The molecule has 4 rings (SSSR count). The minimum Gasteiger partial charge on any atom is -0.478 e. The first kappa shape index (κ1) is 18.6. The van der Waals surface area contributed by atoms with E-state index in [1.54, 1.807) is 18.3 Å². The van der Waals surface area contributed by atoms with Crippen LogP contribution in [0.25, 0.3) is 22.4 Å². The molecule has 0 atom stereocenters. The molecule has 0 radical (unpaired) electrons. The Balaban J connectivity index is 1.28. The first-order valence-corrected chi connectivity index (χ1v) is 9.33. The molecule has 29 heavy (non-hydrogen) atoms. The maximum atomic E-state index is 12.1. The lowest BCUT2D eigenvalue weighted by Gasteiger charge is -2.01. The predicted octanol–water partition coefficient (Wildman–Crippen LogP) is 2.66. The molecule has 148 valence electrons. The molecule has 9 nitrogen and oxygen atoms in total. The molecule has 9 heteroatoms. The quantitative estimate of drug-likeness (QED) is 0.473. The average molecular weight is 392 g/mol. The Bertz CT molecular complexity index is 1070. The predicted molar refractivity (Wildman–Crippen MR) is 105 cm³/mol. The van der Waals surface area contributed by atoms with Gasteiger partial charge in [-0.05, 0) is 25.1 Å². The summed E-state index contributed by atoms with van der Waals surface area (Å²) in [5, 5.41) is 6.71. The van der Waals surface area contributed by atoms with Gasteiger partial charge in [0.2, 0.25) is 23.5 Å². The highest BCUT2D eigenvalue weighted by molar-refractivity contribution is 5.77. The molecule has 0 saturated heterocycles. The lowest BCUT2D eigenvalue weighted by atomic mass is 10.3. The van der Waals surface area contributed by atoms with Crippen LogP contribution in [0.5, 0.6) is 5.88 Å². The first-order valence-electron chi connectivity index (χ1n) is 9.33. The number of aryl methyl sites for hydroxylation is 1. The second-order valence-corrected chi connectivity index (χ2v) is 6.31. The number of para-hydroxylation sites is 2. The van der Waals surface area contributed by atoms with Crippen LogP contribution in [0.1, 0.15) is 25.1 Å². The summed E-state index contributed by atoms with van der Waals surface area (Å²) in [7, 11) is 0. The lowest BCUT2D eigenvalue weighted by Crippen LogP contribution is -2.23. The van der Waals surface area contributed by atoms with E-state index in [9.17, 15) is 4.79 Å². The normalized spacial score (nSPS) is 10.9. The number of aromatic amines is 1. The van der Waals surface area contributed by atoms with Gasteiger partial charge < -0.3 is 19.6 Å². The van der Waals surface area contributed by atoms with Gasteiger partial charge in [0.25, 0.3) is 0 Å². The smallest absolute Gasteiger partial charge is 0.246 e. The highest BCUT2D eigenvalue weighted by Gasteiger charge is 2.11. The van der Waals surface area contributed by atoms with Gasteiger partial charge in [0.15, 0.2) is 0 Å². The molecular weight excluding hydrogens is 372 g/mol. The monoisotopic (exact) mass is 392 g/mol. The van der Waals surface area contributed by atoms with Gasteiger partial charge in [-0.1, -0.05) is 17.3 Å². The summed E-state index contributed by atoms with van der Waals surface area (Å²) in [5.41, 5.74) is 2.56. The van der Waals surface area contributed by atoms with E-state index in [4.69, 9.17) is 9.26 Å². The number of H-pyrrole nitrogens is 1. The number of carbonyl (C=O) groups is 1. The zero-order valence-corrected chi connectivity index (χ0v) is 15.9. The van der Waals surface area contributed by atoms with Crippen molar-refractivity contribution in [3.8, 4) is 17.3 Å². The van der Waals surface area contributed by atoms with Gasteiger partial charge in [0.05, 0.1) is 24.2 Å². The molecule has 0 fully saturated rings. The standard InChI is InChI=1S/C20H20N6O3/c1-2-28-18-10-7-13(11-22-18)20-25-19(29-26-20)12-21-17(27)9-8-16-23-14-5-3-4-6-15(14)24-16/h3-7,10-11H,2,8-9,12H2,1H3,(H,21,27)(H,23,24). The van der Waals surface area contributed by atoms with Crippen molar-refractivity contribution in [1.29, 1.82) is 0 Å². The molecule has 0 spiro atoms. The van der Waals surface area contributed by atoms with E-state index in [0.717, 1.165) is 16.9 Å². The molecular formula is C20H20N6O3. The van der Waals surface area contributed by atoms with Crippen LogP contribution in [0.3, 0.4) is 0 Å². The number of rotatable bonds is 8. The van der Waals surface area contributed by atoms with Crippen molar-refractivity contribution in [2.75, 3.05) is 6.61 Å². The number of nitrogens with one attached hydrogen (secondary N) is 2. The Morgan fingerprint density at radius 1 is 1.21 bits per heavy atom. The summed E-state index contributed by atoms with van der Waals surface area (Å²) < 4.78 is 10.5. The molecule has 1 aromatic carbocycles. The average Bonchev–Trinajstić information content (AvgIpc) is 3.38. The van der Waals surface area contributed by atoms with Crippen LogP contribution < -0.4 is 10.1 Å². The topological polar surface area (TPSA) is 119 Å². The molecule has 3 heterocycles. The van der Waals surface area contributed by atoms with Gasteiger partial charge in [-0.3, -0.25) is 4.79 Å².